The van der Waals surface area contributed by atoms with E-state index >= 15 is 0 Å². The summed E-state index contributed by atoms with van der Waals surface area (Å²) >= 11 is 10.9. The molecule has 2 unspecified atom stereocenters. The van der Waals surface area contributed by atoms with E-state index in [-0.39, 0.29) is 0 Å². The summed E-state index contributed by atoms with van der Waals surface area (Å²) in [6, 6.07) is 0. The van der Waals surface area contributed by atoms with E-state index in [1.54, 1.807) is 0 Å². The van der Waals surface area contributed by atoms with Gasteiger partial charge in [0.1, 0.15) is 0 Å². The van der Waals surface area contributed by atoms with E-state index < -0.39 is 0 Å². The number of rotatable bonds is 2. The molecule has 0 saturated carbocycles. The maximum Gasteiger partial charge on any atom is 0.159 e. The summed E-state index contributed by atoms with van der Waals surface area (Å²) in [7, 11) is 0. The van der Waals surface area contributed by atoms with Gasteiger partial charge in [0.25, 0.3) is 0 Å². The Morgan fingerprint density at radius 2 is 1.25 bits per heavy atom. The molecule has 0 aromatic carbocycles. The fourth-order valence-corrected chi connectivity index (χ4v) is 5.59. The highest BCUT2D eigenvalue weighted by Crippen LogP contribution is 2.28. The van der Waals surface area contributed by atoms with Gasteiger partial charge in [-0.1, -0.05) is 55.4 Å². The monoisotopic (exact) mass is 440 g/mol. The lowest BCUT2D eigenvalue weighted by Crippen LogP contribution is -2.49. The lowest BCUT2D eigenvalue weighted by atomic mass is 10.3. The van der Waals surface area contributed by atoms with Crippen LogP contribution in [-0.2, 0) is 0 Å². The van der Waals surface area contributed by atoms with Crippen molar-refractivity contribution >= 4 is 65.7 Å². The molecule has 3 heterocycles. The van der Waals surface area contributed by atoms with Crippen molar-refractivity contribution in [2.45, 2.75) is 10.5 Å². The molecule has 20 heavy (non-hydrogen) atoms. The molecular weight excluding hydrogens is 424 g/mol. The summed E-state index contributed by atoms with van der Waals surface area (Å²) in [5, 5.41) is 5.80. The summed E-state index contributed by atoms with van der Waals surface area (Å²) in [4.78, 5) is 14.2. The van der Waals surface area contributed by atoms with Crippen molar-refractivity contribution in [1.29, 1.82) is 0 Å². The largest absolute Gasteiger partial charge is 0.348 e. The number of hydrogen-bond acceptors (Lipinski definition) is 6. The predicted octanol–water partition coefficient (Wildman–Crippen LogP) is 2.34. The van der Waals surface area contributed by atoms with Gasteiger partial charge < -0.3 is 9.80 Å². The molecule has 3 aliphatic heterocycles. The predicted molar refractivity (Wildman–Crippen MR) is 98.1 cm³/mol. The molecule has 0 radical (unpaired) electrons. The molecule has 1 fully saturated rings. The average Bonchev–Trinajstić information content (AvgIpc) is 3.16. The molecule has 2 atom stereocenters. The third kappa shape index (κ3) is 3.50. The van der Waals surface area contributed by atoms with Gasteiger partial charge in [0.15, 0.2) is 10.3 Å². The highest BCUT2D eigenvalue weighted by Gasteiger charge is 2.29. The first kappa shape index (κ1) is 15.5. The number of alkyl halides is 2. The molecule has 0 amide bonds. The van der Waals surface area contributed by atoms with E-state index in [0.29, 0.717) is 10.5 Å². The molecule has 0 N–H and O–H groups in total. The van der Waals surface area contributed by atoms with Crippen LogP contribution in [0.15, 0.2) is 9.98 Å². The third-order valence-electron chi connectivity index (χ3n) is 3.57. The molecule has 3 aliphatic rings. The lowest BCUT2D eigenvalue weighted by Gasteiger charge is -2.36. The highest BCUT2D eigenvalue weighted by atomic mass is 79.9. The first-order valence-electron chi connectivity index (χ1n) is 6.84. The second-order valence-electron chi connectivity index (χ2n) is 5.01. The van der Waals surface area contributed by atoms with Crippen molar-refractivity contribution in [2.75, 3.05) is 49.9 Å². The third-order valence-corrected chi connectivity index (χ3v) is 8.48. The van der Waals surface area contributed by atoms with Crippen molar-refractivity contribution in [3.8, 4) is 0 Å². The number of thioether (sulfide) groups is 2. The van der Waals surface area contributed by atoms with Gasteiger partial charge in [-0.25, -0.2) is 0 Å². The summed E-state index contributed by atoms with van der Waals surface area (Å²) in [5.74, 6) is 0. The van der Waals surface area contributed by atoms with Gasteiger partial charge in [0, 0.05) is 47.3 Å². The Labute approximate surface area is 145 Å². The van der Waals surface area contributed by atoms with Crippen LogP contribution in [-0.4, -0.2) is 80.6 Å². The van der Waals surface area contributed by atoms with Crippen LogP contribution in [0.25, 0.3) is 0 Å². The maximum atomic E-state index is 4.67. The number of hydrogen-bond donors (Lipinski definition) is 0. The Morgan fingerprint density at radius 1 is 0.850 bits per heavy atom. The molecule has 4 nitrogen and oxygen atoms in total. The summed E-state index contributed by atoms with van der Waals surface area (Å²) in [5.41, 5.74) is 0. The Morgan fingerprint density at radius 3 is 1.55 bits per heavy atom. The van der Waals surface area contributed by atoms with Crippen molar-refractivity contribution in [3.05, 3.63) is 0 Å². The second kappa shape index (κ2) is 7.24. The van der Waals surface area contributed by atoms with Crippen LogP contribution in [0.3, 0.4) is 0 Å². The van der Waals surface area contributed by atoms with Crippen LogP contribution in [0, 0.1) is 0 Å². The number of piperazine rings is 1. The van der Waals surface area contributed by atoms with E-state index in [2.05, 4.69) is 51.6 Å². The molecule has 0 bridgehead atoms. The molecule has 1 saturated heterocycles. The number of halogens is 2. The maximum absolute atomic E-state index is 4.67. The zero-order chi connectivity index (χ0) is 13.9. The molecular formula is C12H18Br2N4S2. The Bertz CT molecular complexity index is 372. The number of aliphatic imine (C=N–C) groups is 2. The van der Waals surface area contributed by atoms with E-state index in [1.165, 1.54) is 10.3 Å². The molecule has 0 aromatic heterocycles. The quantitative estimate of drug-likeness (QED) is 0.615. The SMILES string of the molecule is BrCC1CN=C(N2CCN(C3=NCC(CBr)S3)CC2)S1. The van der Waals surface area contributed by atoms with E-state index in [1.807, 2.05) is 23.5 Å². The molecule has 8 heteroatoms. The van der Waals surface area contributed by atoms with Crippen LogP contribution < -0.4 is 0 Å². The summed E-state index contributed by atoms with van der Waals surface area (Å²) in [6.07, 6.45) is 0. The zero-order valence-electron chi connectivity index (χ0n) is 11.2. The normalized spacial score (nSPS) is 30.7. The van der Waals surface area contributed by atoms with Gasteiger partial charge in [-0.15, -0.1) is 0 Å². The van der Waals surface area contributed by atoms with E-state index in [0.717, 1.165) is 49.9 Å². The van der Waals surface area contributed by atoms with Gasteiger partial charge in [-0.2, -0.15) is 0 Å². The van der Waals surface area contributed by atoms with Crippen LogP contribution in [0.5, 0.6) is 0 Å². The molecule has 112 valence electrons. The van der Waals surface area contributed by atoms with E-state index in [4.69, 9.17) is 0 Å². The van der Waals surface area contributed by atoms with Crippen molar-refractivity contribution < 1.29 is 0 Å². The second-order valence-corrected chi connectivity index (χ2v) is 8.84. The first-order chi connectivity index (χ1) is 9.80. The smallest absolute Gasteiger partial charge is 0.159 e. The minimum atomic E-state index is 0.623. The highest BCUT2D eigenvalue weighted by molar-refractivity contribution is 9.09. The number of nitrogens with zero attached hydrogens (tertiary/aromatic N) is 4. The van der Waals surface area contributed by atoms with Crippen molar-refractivity contribution in [3.63, 3.8) is 0 Å². The fraction of sp³-hybridized carbons (Fsp3) is 0.833. The van der Waals surface area contributed by atoms with Gasteiger partial charge in [0.2, 0.25) is 0 Å². The minimum absolute atomic E-state index is 0.623. The summed E-state index contributed by atoms with van der Waals surface area (Å²) in [6.45, 7) is 6.19. The van der Waals surface area contributed by atoms with Crippen LogP contribution >= 0.6 is 55.4 Å². The Hall–Kier alpha value is 0.600. The molecule has 0 aromatic rings. The topological polar surface area (TPSA) is 31.2 Å². The van der Waals surface area contributed by atoms with Gasteiger partial charge in [-0.05, 0) is 0 Å². The van der Waals surface area contributed by atoms with Gasteiger partial charge >= 0.3 is 0 Å². The van der Waals surface area contributed by atoms with Crippen LogP contribution in [0.4, 0.5) is 0 Å². The van der Waals surface area contributed by atoms with Crippen molar-refractivity contribution in [2.24, 2.45) is 9.98 Å². The van der Waals surface area contributed by atoms with Gasteiger partial charge in [-0.3, -0.25) is 9.98 Å². The zero-order valence-corrected chi connectivity index (χ0v) is 16.0. The van der Waals surface area contributed by atoms with Crippen LogP contribution in [0.1, 0.15) is 0 Å². The Kier molecular flexibility index (Phi) is 5.61. The van der Waals surface area contributed by atoms with Crippen LogP contribution in [0.2, 0.25) is 0 Å². The first-order valence-corrected chi connectivity index (χ1v) is 10.8. The summed E-state index contributed by atoms with van der Waals surface area (Å²) < 4.78 is 0. The van der Waals surface area contributed by atoms with Crippen molar-refractivity contribution in [1.82, 2.24) is 9.80 Å². The lowest BCUT2D eigenvalue weighted by molar-refractivity contribution is 0.265. The fourth-order valence-electron chi connectivity index (χ4n) is 2.41. The molecule has 0 aliphatic carbocycles. The molecule has 0 spiro atoms. The molecule has 3 rings (SSSR count). The standard InChI is InChI=1S/C12H18Br2N4S2/c13-5-9-7-15-11(19-9)17-1-2-18(4-3-17)12-16-8-10(6-14)20-12/h9-10H,1-8H2. The van der Waals surface area contributed by atoms with Gasteiger partial charge in [0.05, 0.1) is 13.1 Å². The minimum Gasteiger partial charge on any atom is -0.348 e. The Balaban J connectivity index is 1.48. The number of amidine groups is 2. The van der Waals surface area contributed by atoms with E-state index in [9.17, 15) is 0 Å². The average molecular weight is 442 g/mol.